The number of imide groups is 1. The number of amides is 2. The van der Waals surface area contributed by atoms with Crippen LogP contribution in [0.4, 0.5) is 45.1 Å². The number of fused-ring (bicyclic) bond motifs is 4. The molecule has 1 aliphatic carbocycles. The Balaban J connectivity index is 0.794. The first-order valence-electron chi connectivity index (χ1n) is 21.7. The number of aromatic nitrogens is 5. The standard InChI is InChI=1S/C44H46ClF5N10O4/c1-57-33-16-30(47)32(14-27(33)37-38(42(57)63)64-20-44(49,50)39(54-37)22-3-4-22)52-40-28(45)17-51-43(55-40)60-12-9-23(31(48)19-60)18-59-10-7-21(8-11-59)25-15-34-26(13-29(25)46)36(56-58(34)2)24-5-6-35(61)53-41(24)62/h13-17,21-24,31,39,54H,3-12,18-20H2,1-2H3,(H,51,52,55)(H,53,61,62)/t23-,24?,31-,39-/m0/s1. The molecule has 1 unspecified atom stereocenters. The lowest BCUT2D eigenvalue weighted by Crippen LogP contribution is -2.47. The van der Waals surface area contributed by atoms with E-state index in [0.717, 1.165) is 10.6 Å². The third kappa shape index (κ3) is 7.66. The number of hydrogen-bond acceptors (Lipinski definition) is 11. The van der Waals surface area contributed by atoms with Crippen molar-refractivity contribution in [2.24, 2.45) is 25.9 Å². The van der Waals surface area contributed by atoms with Gasteiger partial charge in [0.05, 0.1) is 52.8 Å². The minimum atomic E-state index is -3.25. The first-order chi connectivity index (χ1) is 30.6. The van der Waals surface area contributed by atoms with E-state index in [0.29, 0.717) is 86.9 Å². The first-order valence-corrected chi connectivity index (χ1v) is 22.1. The van der Waals surface area contributed by atoms with E-state index < -0.39 is 47.9 Å². The van der Waals surface area contributed by atoms with E-state index in [-0.39, 0.29) is 87.3 Å². The van der Waals surface area contributed by atoms with Crippen molar-refractivity contribution >= 4 is 68.4 Å². The topological polar surface area (TPSA) is 152 Å². The van der Waals surface area contributed by atoms with Gasteiger partial charge in [0.2, 0.25) is 23.5 Å². The van der Waals surface area contributed by atoms with Crippen LogP contribution in [-0.4, -0.2) is 98.5 Å². The Labute approximate surface area is 368 Å². The van der Waals surface area contributed by atoms with Crippen LogP contribution in [0.5, 0.6) is 5.75 Å². The Bertz CT molecular complexity index is 2780. The van der Waals surface area contributed by atoms with Gasteiger partial charge in [-0.3, -0.25) is 24.4 Å². The number of halogens is 6. The molecule has 4 aliphatic heterocycles. The maximum Gasteiger partial charge on any atom is 0.301 e. The number of carbonyl (C=O) groups is 2. The van der Waals surface area contributed by atoms with Gasteiger partial charge in [0, 0.05) is 56.4 Å². The Hall–Kier alpha value is -5.56. The molecule has 3 N–H and O–H groups in total. The van der Waals surface area contributed by atoms with Crippen molar-refractivity contribution in [1.29, 1.82) is 0 Å². The van der Waals surface area contributed by atoms with Crippen LogP contribution in [0.1, 0.15) is 68.0 Å². The molecular formula is C44H46ClF5N10O4. The summed E-state index contributed by atoms with van der Waals surface area (Å²) in [5.74, 6) is -6.40. The Kier molecular flexibility index (Phi) is 10.7. The van der Waals surface area contributed by atoms with Gasteiger partial charge in [-0.1, -0.05) is 11.6 Å². The molecule has 0 bridgehead atoms. The van der Waals surface area contributed by atoms with E-state index in [2.05, 4.69) is 35.9 Å². The minimum absolute atomic E-state index is 0.0158. The summed E-state index contributed by atoms with van der Waals surface area (Å²) in [6.07, 6.45) is 3.74. The zero-order valence-electron chi connectivity index (χ0n) is 35.1. The molecule has 338 valence electrons. The highest BCUT2D eigenvalue weighted by atomic mass is 35.5. The van der Waals surface area contributed by atoms with Gasteiger partial charge in [0.25, 0.3) is 5.56 Å². The highest BCUT2D eigenvalue weighted by Crippen LogP contribution is 2.46. The van der Waals surface area contributed by atoms with Gasteiger partial charge in [-0.2, -0.15) is 10.1 Å². The number of carbonyl (C=O) groups excluding carboxylic acids is 2. The molecule has 3 aromatic heterocycles. The number of benzene rings is 2. The van der Waals surface area contributed by atoms with E-state index in [1.165, 1.54) is 25.4 Å². The summed E-state index contributed by atoms with van der Waals surface area (Å²) in [5.41, 5.74) is 1.22. The summed E-state index contributed by atoms with van der Waals surface area (Å²) in [7, 11) is 3.17. The summed E-state index contributed by atoms with van der Waals surface area (Å²) in [4.78, 5) is 50.4. The predicted molar refractivity (Wildman–Crippen MR) is 229 cm³/mol. The van der Waals surface area contributed by atoms with Gasteiger partial charge in [-0.25, -0.2) is 26.9 Å². The molecule has 0 radical (unpaired) electrons. The van der Waals surface area contributed by atoms with Crippen molar-refractivity contribution in [2.75, 3.05) is 54.9 Å². The van der Waals surface area contributed by atoms with Gasteiger partial charge < -0.3 is 29.7 Å². The molecule has 20 heteroatoms. The number of pyridine rings is 1. The van der Waals surface area contributed by atoms with E-state index >= 15 is 22.0 Å². The van der Waals surface area contributed by atoms with Crippen LogP contribution in [0.15, 0.2) is 35.3 Å². The quantitative estimate of drug-likeness (QED) is 0.113. The monoisotopic (exact) mass is 908 g/mol. The average molecular weight is 909 g/mol. The molecular weight excluding hydrogens is 863 g/mol. The number of alkyl halides is 3. The van der Waals surface area contributed by atoms with Gasteiger partial charge >= 0.3 is 5.92 Å². The van der Waals surface area contributed by atoms with Crippen LogP contribution in [0.2, 0.25) is 5.02 Å². The maximum atomic E-state index is 16.0. The Morgan fingerprint density at radius 2 is 1.73 bits per heavy atom. The predicted octanol–water partition coefficient (Wildman–Crippen LogP) is 6.67. The van der Waals surface area contributed by atoms with Crippen molar-refractivity contribution in [3.63, 3.8) is 0 Å². The molecule has 3 saturated heterocycles. The van der Waals surface area contributed by atoms with Crippen molar-refractivity contribution in [3.8, 4) is 5.75 Å². The number of nitrogens with zero attached hydrogens (tertiary/aromatic N) is 7. The van der Waals surface area contributed by atoms with Crippen LogP contribution >= 0.6 is 11.6 Å². The molecule has 1 saturated carbocycles. The van der Waals surface area contributed by atoms with E-state index in [9.17, 15) is 14.4 Å². The number of anilines is 4. The van der Waals surface area contributed by atoms with Gasteiger partial charge in [-0.15, -0.1) is 0 Å². The van der Waals surface area contributed by atoms with Crippen molar-refractivity contribution in [3.05, 3.63) is 68.7 Å². The SMILES string of the molecule is Cn1nc(C2CCC(=O)NC2=O)c2cc(F)c(C3CCN(C[C@@H]4CCN(c5ncc(Cl)c(Nc6cc7c8c(c(=O)n(C)c7cc6F)OCC(F)(F)[C@H](C6CC6)N8)n5)C[C@@H]4F)CC3)cc21. The molecule has 2 aromatic carbocycles. The molecule has 4 atom stereocenters. The molecule has 4 fully saturated rings. The van der Waals surface area contributed by atoms with Crippen LogP contribution in [0, 0.1) is 23.5 Å². The molecule has 2 amide bonds. The highest BCUT2D eigenvalue weighted by Gasteiger charge is 2.51. The fraction of sp³-hybridized carbons (Fsp3) is 0.500. The zero-order chi connectivity index (χ0) is 44.8. The highest BCUT2D eigenvalue weighted by molar-refractivity contribution is 6.33. The average Bonchev–Trinajstić information content (AvgIpc) is 4.07. The maximum absolute atomic E-state index is 16.0. The number of rotatable bonds is 8. The second-order valence-electron chi connectivity index (χ2n) is 17.9. The second kappa shape index (κ2) is 16.2. The fourth-order valence-electron chi connectivity index (χ4n) is 9.99. The Morgan fingerprint density at radius 1 is 0.953 bits per heavy atom. The zero-order valence-corrected chi connectivity index (χ0v) is 35.8. The van der Waals surface area contributed by atoms with E-state index in [1.807, 2.05) is 6.07 Å². The smallest absolute Gasteiger partial charge is 0.301 e. The van der Waals surface area contributed by atoms with Gasteiger partial charge in [0.1, 0.15) is 22.8 Å². The number of hydrogen-bond donors (Lipinski definition) is 3. The number of likely N-dealkylation sites (tertiary alicyclic amines) is 1. The Morgan fingerprint density at radius 3 is 2.47 bits per heavy atom. The summed E-state index contributed by atoms with van der Waals surface area (Å²) in [5, 5.41) is 13.6. The molecule has 10 rings (SSSR count). The lowest BCUT2D eigenvalue weighted by atomic mass is 9.86. The second-order valence-corrected chi connectivity index (χ2v) is 18.3. The van der Waals surface area contributed by atoms with Crippen LogP contribution in [0.3, 0.4) is 0 Å². The van der Waals surface area contributed by atoms with E-state index in [4.69, 9.17) is 16.3 Å². The van der Waals surface area contributed by atoms with E-state index in [1.54, 1.807) is 16.6 Å². The molecule has 5 aliphatic rings. The molecule has 64 heavy (non-hydrogen) atoms. The summed E-state index contributed by atoms with van der Waals surface area (Å²) in [6.45, 7) is 1.36. The molecule has 7 heterocycles. The first kappa shape index (κ1) is 42.4. The molecule has 14 nitrogen and oxygen atoms in total. The third-order valence-corrected chi connectivity index (χ3v) is 14.0. The number of aryl methyl sites for hydroxylation is 2. The normalized spacial score (nSPS) is 24.3. The van der Waals surface area contributed by atoms with Crippen LogP contribution < -0.4 is 31.1 Å². The van der Waals surface area contributed by atoms with Crippen molar-refractivity contribution in [2.45, 2.75) is 74.9 Å². The summed E-state index contributed by atoms with van der Waals surface area (Å²) < 4.78 is 86.1. The summed E-state index contributed by atoms with van der Waals surface area (Å²) >= 11 is 6.50. The third-order valence-electron chi connectivity index (χ3n) is 13.7. The molecule has 5 aromatic rings. The van der Waals surface area contributed by atoms with Gasteiger partial charge in [0.15, 0.2) is 12.4 Å². The summed E-state index contributed by atoms with van der Waals surface area (Å²) in [6, 6.07) is 4.54. The number of ether oxygens (including phenoxy) is 1. The van der Waals surface area contributed by atoms with Crippen molar-refractivity contribution < 1.29 is 36.3 Å². The van der Waals surface area contributed by atoms with Crippen LogP contribution in [0.25, 0.3) is 21.8 Å². The fourth-order valence-corrected chi connectivity index (χ4v) is 10.1. The minimum Gasteiger partial charge on any atom is -0.480 e. The lowest BCUT2D eigenvalue weighted by Gasteiger charge is -2.39. The van der Waals surface area contributed by atoms with Gasteiger partial charge in [-0.05, 0) is 87.2 Å². The van der Waals surface area contributed by atoms with Crippen molar-refractivity contribution in [1.82, 2.24) is 34.5 Å². The largest absolute Gasteiger partial charge is 0.480 e. The number of nitrogens with one attached hydrogen (secondary N) is 3. The van der Waals surface area contributed by atoms with Crippen LogP contribution in [-0.2, 0) is 23.7 Å². The lowest BCUT2D eigenvalue weighted by molar-refractivity contribution is -0.134. The molecule has 0 spiro atoms. The number of piperidine rings is 3.